The summed E-state index contributed by atoms with van der Waals surface area (Å²) in [5, 5.41) is 0. The number of esters is 1. The average Bonchev–Trinajstić information content (AvgIpc) is 2.61. The van der Waals surface area contributed by atoms with Crippen LogP contribution in [-0.4, -0.2) is 11.9 Å². The molecule has 82 valence electrons. The Bertz CT molecular complexity index is 521. The van der Waals surface area contributed by atoms with Crippen molar-refractivity contribution in [1.29, 1.82) is 0 Å². The SMILES string of the molecule is O=C1OC(c2ccccc2F)=NC1=C(Cl)Cl. The third kappa shape index (κ3) is 1.94. The Labute approximate surface area is 100 Å². The Morgan fingerprint density at radius 3 is 2.56 bits per heavy atom. The summed E-state index contributed by atoms with van der Waals surface area (Å²) in [5.74, 6) is -1.48. The van der Waals surface area contributed by atoms with Crippen LogP contribution >= 0.6 is 23.2 Å². The molecule has 16 heavy (non-hydrogen) atoms. The maximum absolute atomic E-state index is 13.3. The first kappa shape index (κ1) is 11.1. The smallest absolute Gasteiger partial charge is 0.366 e. The summed E-state index contributed by atoms with van der Waals surface area (Å²) >= 11 is 10.8. The van der Waals surface area contributed by atoms with Gasteiger partial charge in [0.15, 0.2) is 5.70 Å². The molecule has 0 aliphatic carbocycles. The molecule has 0 atom stereocenters. The first-order valence-electron chi connectivity index (χ1n) is 4.20. The number of hydrogen-bond donors (Lipinski definition) is 0. The first-order valence-corrected chi connectivity index (χ1v) is 4.96. The third-order valence-corrected chi connectivity index (χ3v) is 2.24. The van der Waals surface area contributed by atoms with Crippen LogP contribution in [0.4, 0.5) is 4.39 Å². The Hall–Kier alpha value is -1.39. The molecule has 0 saturated heterocycles. The van der Waals surface area contributed by atoms with E-state index in [9.17, 15) is 9.18 Å². The fourth-order valence-electron chi connectivity index (χ4n) is 1.18. The molecule has 1 aromatic carbocycles. The highest BCUT2D eigenvalue weighted by molar-refractivity contribution is 6.57. The normalized spacial score (nSPS) is 14.8. The second-order valence-electron chi connectivity index (χ2n) is 2.90. The summed E-state index contributed by atoms with van der Waals surface area (Å²) in [6, 6.07) is 5.78. The number of benzene rings is 1. The number of halogens is 3. The molecule has 0 radical (unpaired) electrons. The molecule has 0 unspecified atom stereocenters. The van der Waals surface area contributed by atoms with Gasteiger partial charge in [-0.1, -0.05) is 35.3 Å². The summed E-state index contributed by atoms with van der Waals surface area (Å²) in [6.45, 7) is 0. The predicted molar refractivity (Wildman–Crippen MR) is 57.8 cm³/mol. The molecular weight excluding hydrogens is 256 g/mol. The van der Waals surface area contributed by atoms with Crippen LogP contribution in [0.2, 0.25) is 0 Å². The molecule has 1 heterocycles. The van der Waals surface area contributed by atoms with Crippen LogP contribution < -0.4 is 0 Å². The highest BCUT2D eigenvalue weighted by Gasteiger charge is 2.27. The minimum atomic E-state index is -0.793. The maximum atomic E-state index is 13.3. The summed E-state index contributed by atoms with van der Waals surface area (Å²) in [5.41, 5.74) is -0.137. The van der Waals surface area contributed by atoms with Crippen LogP contribution in [0.1, 0.15) is 5.56 Å². The molecule has 0 fully saturated rings. The zero-order valence-corrected chi connectivity index (χ0v) is 9.22. The van der Waals surface area contributed by atoms with Crippen molar-refractivity contribution in [3.63, 3.8) is 0 Å². The molecule has 0 spiro atoms. The van der Waals surface area contributed by atoms with E-state index < -0.39 is 11.8 Å². The van der Waals surface area contributed by atoms with Crippen molar-refractivity contribution in [2.75, 3.05) is 0 Å². The molecule has 0 amide bonds. The van der Waals surface area contributed by atoms with Crippen LogP contribution in [-0.2, 0) is 9.53 Å². The number of rotatable bonds is 1. The molecule has 0 aromatic heterocycles. The summed E-state index contributed by atoms with van der Waals surface area (Å²) in [7, 11) is 0. The molecular formula is C10H4Cl2FNO2. The van der Waals surface area contributed by atoms with Gasteiger partial charge in [0.1, 0.15) is 10.3 Å². The van der Waals surface area contributed by atoms with Crippen molar-refractivity contribution in [3.8, 4) is 0 Å². The van der Waals surface area contributed by atoms with Gasteiger partial charge in [0.2, 0.25) is 5.90 Å². The summed E-state index contributed by atoms with van der Waals surface area (Å²) < 4.78 is 17.8. The number of ether oxygens (including phenoxy) is 1. The number of carbonyl (C=O) groups is 1. The van der Waals surface area contributed by atoms with E-state index in [1.165, 1.54) is 18.2 Å². The lowest BCUT2D eigenvalue weighted by molar-refractivity contribution is -0.130. The van der Waals surface area contributed by atoms with Crippen molar-refractivity contribution < 1.29 is 13.9 Å². The van der Waals surface area contributed by atoms with E-state index in [1.807, 2.05) is 0 Å². The van der Waals surface area contributed by atoms with Gasteiger partial charge in [-0.25, -0.2) is 14.2 Å². The molecule has 0 bridgehead atoms. The first-order chi connectivity index (χ1) is 7.59. The fraction of sp³-hybridized carbons (Fsp3) is 0. The molecule has 3 nitrogen and oxygen atoms in total. The predicted octanol–water partition coefficient (Wildman–Crippen LogP) is 2.78. The zero-order chi connectivity index (χ0) is 11.7. The number of cyclic esters (lactones) is 1. The van der Waals surface area contributed by atoms with Gasteiger partial charge < -0.3 is 4.74 Å². The van der Waals surface area contributed by atoms with Gasteiger partial charge >= 0.3 is 5.97 Å². The molecule has 1 aromatic rings. The van der Waals surface area contributed by atoms with Crippen LogP contribution in [0.3, 0.4) is 0 Å². The molecule has 6 heteroatoms. The highest BCUT2D eigenvalue weighted by Crippen LogP contribution is 2.24. The zero-order valence-electron chi connectivity index (χ0n) is 7.71. The summed E-state index contributed by atoms with van der Waals surface area (Å²) in [6.07, 6.45) is 0. The van der Waals surface area contributed by atoms with Gasteiger partial charge in [0.05, 0.1) is 5.56 Å². The van der Waals surface area contributed by atoms with E-state index in [2.05, 4.69) is 4.99 Å². The molecule has 0 N–H and O–H groups in total. The van der Waals surface area contributed by atoms with Gasteiger partial charge in [-0.05, 0) is 12.1 Å². The Morgan fingerprint density at radius 2 is 2.00 bits per heavy atom. The van der Waals surface area contributed by atoms with E-state index in [0.29, 0.717) is 0 Å². The van der Waals surface area contributed by atoms with Gasteiger partial charge in [-0.3, -0.25) is 0 Å². The molecule has 2 rings (SSSR count). The van der Waals surface area contributed by atoms with E-state index in [0.717, 1.165) is 0 Å². The minimum Gasteiger partial charge on any atom is -0.402 e. The van der Waals surface area contributed by atoms with Crippen LogP contribution in [0, 0.1) is 5.82 Å². The second kappa shape index (κ2) is 4.23. The van der Waals surface area contributed by atoms with Crippen LogP contribution in [0.15, 0.2) is 39.4 Å². The van der Waals surface area contributed by atoms with E-state index in [1.54, 1.807) is 6.07 Å². The average molecular weight is 260 g/mol. The number of carbonyl (C=O) groups excluding carboxylic acids is 1. The molecule has 0 saturated carbocycles. The lowest BCUT2D eigenvalue weighted by atomic mass is 10.2. The topological polar surface area (TPSA) is 38.7 Å². The van der Waals surface area contributed by atoms with E-state index in [-0.39, 0.29) is 21.6 Å². The number of hydrogen-bond acceptors (Lipinski definition) is 3. The molecule has 1 aliphatic rings. The van der Waals surface area contributed by atoms with Crippen molar-refractivity contribution in [1.82, 2.24) is 0 Å². The van der Waals surface area contributed by atoms with E-state index in [4.69, 9.17) is 27.9 Å². The fourth-order valence-corrected chi connectivity index (χ4v) is 1.41. The van der Waals surface area contributed by atoms with Gasteiger partial charge in [-0.15, -0.1) is 0 Å². The van der Waals surface area contributed by atoms with Crippen molar-refractivity contribution in [2.45, 2.75) is 0 Å². The van der Waals surface area contributed by atoms with Gasteiger partial charge in [0, 0.05) is 0 Å². The van der Waals surface area contributed by atoms with Gasteiger partial charge in [-0.2, -0.15) is 0 Å². The minimum absolute atomic E-state index is 0.0837. The monoisotopic (exact) mass is 259 g/mol. The lowest BCUT2D eigenvalue weighted by Crippen LogP contribution is -2.07. The Kier molecular flexibility index (Phi) is 2.94. The Morgan fingerprint density at radius 1 is 1.31 bits per heavy atom. The van der Waals surface area contributed by atoms with Crippen molar-refractivity contribution in [2.24, 2.45) is 4.99 Å². The standard InChI is InChI=1S/C10H4Cl2FNO2/c11-8(12)7-10(15)16-9(14-7)5-3-1-2-4-6(5)13/h1-4H. The lowest BCUT2D eigenvalue weighted by Gasteiger charge is -1.99. The summed E-state index contributed by atoms with van der Waals surface area (Å²) in [4.78, 5) is 14.9. The number of aliphatic imine (C=N–C) groups is 1. The highest BCUT2D eigenvalue weighted by atomic mass is 35.5. The molecule has 1 aliphatic heterocycles. The van der Waals surface area contributed by atoms with Crippen molar-refractivity contribution in [3.05, 3.63) is 45.8 Å². The van der Waals surface area contributed by atoms with E-state index >= 15 is 0 Å². The quantitative estimate of drug-likeness (QED) is 0.575. The largest absolute Gasteiger partial charge is 0.402 e. The Balaban J connectivity index is 2.47. The van der Waals surface area contributed by atoms with Crippen LogP contribution in [0.5, 0.6) is 0 Å². The maximum Gasteiger partial charge on any atom is 0.366 e. The third-order valence-electron chi connectivity index (χ3n) is 1.88. The van der Waals surface area contributed by atoms with Gasteiger partial charge in [0.25, 0.3) is 0 Å². The second-order valence-corrected chi connectivity index (χ2v) is 3.84. The van der Waals surface area contributed by atoms with Crippen LogP contribution in [0.25, 0.3) is 0 Å². The number of nitrogens with zero attached hydrogens (tertiary/aromatic N) is 1. The van der Waals surface area contributed by atoms with Crippen molar-refractivity contribution >= 4 is 35.1 Å².